The third kappa shape index (κ3) is 3.01. The summed E-state index contributed by atoms with van der Waals surface area (Å²) in [5.74, 6) is -0.346. The van der Waals surface area contributed by atoms with Gasteiger partial charge < -0.3 is 9.72 Å². The maximum Gasteiger partial charge on any atom is 0.338 e. The molecule has 4 aromatic rings. The van der Waals surface area contributed by atoms with E-state index in [0.717, 1.165) is 38.4 Å². The van der Waals surface area contributed by atoms with Crippen LogP contribution in [0.4, 0.5) is 0 Å². The Hall–Kier alpha value is -2.93. The fraction of sp³-hybridized carbons (Fsp3) is 0.211. The van der Waals surface area contributed by atoms with Gasteiger partial charge in [0.25, 0.3) is 0 Å². The SMILES string of the molecule is Cc1[nH]c2ccc(C(=O)OCc3csc(-c4cnn(C)c4)n3)cc2c1C. The summed E-state index contributed by atoms with van der Waals surface area (Å²) >= 11 is 1.51. The molecule has 4 rings (SSSR count). The van der Waals surface area contributed by atoms with Crippen LogP contribution in [0.25, 0.3) is 21.5 Å². The van der Waals surface area contributed by atoms with Crippen LogP contribution in [0.2, 0.25) is 0 Å². The van der Waals surface area contributed by atoms with Gasteiger partial charge in [-0.2, -0.15) is 5.10 Å². The predicted octanol–water partition coefficient (Wildman–Crippen LogP) is 4.00. The van der Waals surface area contributed by atoms with E-state index in [2.05, 4.69) is 15.1 Å². The number of H-pyrrole nitrogens is 1. The van der Waals surface area contributed by atoms with Crippen molar-refractivity contribution in [1.82, 2.24) is 19.7 Å². The first-order valence-corrected chi connectivity index (χ1v) is 9.08. The number of hydrogen-bond acceptors (Lipinski definition) is 5. The van der Waals surface area contributed by atoms with Crippen LogP contribution in [-0.4, -0.2) is 25.7 Å². The van der Waals surface area contributed by atoms with Gasteiger partial charge in [0.1, 0.15) is 11.6 Å². The topological polar surface area (TPSA) is 72.8 Å². The smallest absolute Gasteiger partial charge is 0.338 e. The lowest BCUT2D eigenvalue weighted by Crippen LogP contribution is -2.05. The fourth-order valence-corrected chi connectivity index (χ4v) is 3.63. The third-order valence-corrected chi connectivity index (χ3v) is 5.34. The van der Waals surface area contributed by atoms with Gasteiger partial charge in [-0.1, -0.05) is 0 Å². The molecule has 0 amide bonds. The molecule has 0 fully saturated rings. The van der Waals surface area contributed by atoms with Gasteiger partial charge in [0.05, 0.1) is 17.5 Å². The van der Waals surface area contributed by atoms with Crippen molar-refractivity contribution in [2.75, 3.05) is 0 Å². The maximum absolute atomic E-state index is 12.4. The zero-order chi connectivity index (χ0) is 18.3. The highest BCUT2D eigenvalue weighted by atomic mass is 32.1. The van der Waals surface area contributed by atoms with E-state index in [1.165, 1.54) is 11.3 Å². The van der Waals surface area contributed by atoms with Gasteiger partial charge in [-0.25, -0.2) is 9.78 Å². The van der Waals surface area contributed by atoms with E-state index >= 15 is 0 Å². The van der Waals surface area contributed by atoms with Crippen molar-refractivity contribution in [1.29, 1.82) is 0 Å². The highest BCUT2D eigenvalue weighted by Crippen LogP contribution is 2.24. The Morgan fingerprint density at radius 3 is 2.96 bits per heavy atom. The van der Waals surface area contributed by atoms with Crippen LogP contribution in [0.3, 0.4) is 0 Å². The quantitative estimate of drug-likeness (QED) is 0.554. The van der Waals surface area contributed by atoms with Crippen molar-refractivity contribution in [2.45, 2.75) is 20.5 Å². The van der Waals surface area contributed by atoms with Crippen molar-refractivity contribution in [3.05, 3.63) is 58.5 Å². The van der Waals surface area contributed by atoms with Gasteiger partial charge in [0.15, 0.2) is 0 Å². The number of nitrogens with one attached hydrogen (secondary N) is 1. The number of benzene rings is 1. The first-order valence-electron chi connectivity index (χ1n) is 8.21. The number of aromatic nitrogens is 4. The van der Waals surface area contributed by atoms with E-state index in [-0.39, 0.29) is 12.6 Å². The van der Waals surface area contributed by atoms with Crippen molar-refractivity contribution in [2.24, 2.45) is 7.05 Å². The lowest BCUT2D eigenvalue weighted by molar-refractivity contribution is 0.0468. The second kappa shape index (κ2) is 6.42. The zero-order valence-corrected chi connectivity index (χ0v) is 15.6. The molecule has 0 aliphatic carbocycles. The lowest BCUT2D eigenvalue weighted by atomic mass is 10.1. The number of carbonyl (C=O) groups is 1. The summed E-state index contributed by atoms with van der Waals surface area (Å²) in [4.78, 5) is 20.2. The van der Waals surface area contributed by atoms with Crippen molar-refractivity contribution in [3.8, 4) is 10.6 Å². The van der Waals surface area contributed by atoms with Gasteiger partial charge in [-0.15, -0.1) is 11.3 Å². The van der Waals surface area contributed by atoms with E-state index < -0.39 is 0 Å². The summed E-state index contributed by atoms with van der Waals surface area (Å²) in [5, 5.41) is 7.96. The number of fused-ring (bicyclic) bond motifs is 1. The molecular weight excluding hydrogens is 348 g/mol. The molecule has 7 heteroatoms. The van der Waals surface area contributed by atoms with E-state index in [0.29, 0.717) is 5.56 Å². The molecule has 0 aliphatic rings. The molecule has 0 spiro atoms. The summed E-state index contributed by atoms with van der Waals surface area (Å²) in [6, 6.07) is 5.57. The summed E-state index contributed by atoms with van der Waals surface area (Å²) in [6.07, 6.45) is 3.68. The molecule has 1 aromatic carbocycles. The number of carbonyl (C=O) groups excluding carboxylic acids is 1. The molecule has 3 heterocycles. The Bertz CT molecular complexity index is 1110. The number of thiazole rings is 1. The van der Waals surface area contributed by atoms with Gasteiger partial charge in [-0.05, 0) is 37.6 Å². The van der Waals surface area contributed by atoms with Crippen LogP contribution in [0.5, 0.6) is 0 Å². The fourth-order valence-electron chi connectivity index (χ4n) is 2.85. The van der Waals surface area contributed by atoms with Crippen molar-refractivity contribution in [3.63, 3.8) is 0 Å². The summed E-state index contributed by atoms with van der Waals surface area (Å²) in [5.41, 5.74) is 5.52. The Labute approximate surface area is 154 Å². The molecule has 0 saturated heterocycles. The van der Waals surface area contributed by atoms with Crippen LogP contribution in [0.15, 0.2) is 36.0 Å². The van der Waals surface area contributed by atoms with E-state index in [4.69, 9.17) is 4.74 Å². The van der Waals surface area contributed by atoms with Crippen LogP contribution in [0.1, 0.15) is 27.3 Å². The number of esters is 1. The predicted molar refractivity (Wildman–Crippen MR) is 101 cm³/mol. The average molecular weight is 366 g/mol. The molecule has 0 atom stereocenters. The number of aromatic amines is 1. The van der Waals surface area contributed by atoms with Crippen molar-refractivity contribution < 1.29 is 9.53 Å². The molecule has 0 unspecified atom stereocenters. The molecule has 6 nitrogen and oxygen atoms in total. The Morgan fingerprint density at radius 1 is 1.35 bits per heavy atom. The van der Waals surface area contributed by atoms with Crippen LogP contribution in [0, 0.1) is 13.8 Å². The maximum atomic E-state index is 12.4. The minimum Gasteiger partial charge on any atom is -0.456 e. The third-order valence-electron chi connectivity index (χ3n) is 4.40. The van der Waals surface area contributed by atoms with Crippen LogP contribution < -0.4 is 0 Å². The Balaban J connectivity index is 1.47. The van der Waals surface area contributed by atoms with E-state index in [1.807, 2.05) is 44.6 Å². The second-order valence-corrected chi connectivity index (χ2v) is 7.12. The van der Waals surface area contributed by atoms with Gasteiger partial charge in [0, 0.05) is 40.8 Å². The molecule has 1 N–H and O–H groups in total. The second-order valence-electron chi connectivity index (χ2n) is 6.26. The molecule has 0 saturated carbocycles. The number of aryl methyl sites for hydroxylation is 3. The minimum atomic E-state index is -0.346. The molecule has 132 valence electrons. The first kappa shape index (κ1) is 16.5. The zero-order valence-electron chi connectivity index (χ0n) is 14.7. The normalized spacial score (nSPS) is 11.2. The molecule has 0 aliphatic heterocycles. The number of nitrogens with zero attached hydrogens (tertiary/aromatic N) is 3. The number of hydrogen-bond donors (Lipinski definition) is 1. The van der Waals surface area contributed by atoms with E-state index in [9.17, 15) is 4.79 Å². The molecular formula is C19H18N4O2S. The van der Waals surface area contributed by atoms with E-state index in [1.54, 1.807) is 16.9 Å². The molecule has 0 bridgehead atoms. The number of rotatable bonds is 4. The van der Waals surface area contributed by atoms with Crippen LogP contribution in [-0.2, 0) is 18.4 Å². The van der Waals surface area contributed by atoms with Crippen molar-refractivity contribution >= 4 is 28.2 Å². The molecule has 26 heavy (non-hydrogen) atoms. The Morgan fingerprint density at radius 2 is 2.19 bits per heavy atom. The van der Waals surface area contributed by atoms with Gasteiger partial charge in [0.2, 0.25) is 0 Å². The number of ether oxygens (including phenoxy) is 1. The van der Waals surface area contributed by atoms with Gasteiger partial charge >= 0.3 is 5.97 Å². The largest absolute Gasteiger partial charge is 0.456 e. The minimum absolute atomic E-state index is 0.152. The Kier molecular flexibility index (Phi) is 4.08. The average Bonchev–Trinajstić information content (AvgIpc) is 3.33. The highest BCUT2D eigenvalue weighted by molar-refractivity contribution is 7.13. The standard InChI is InChI=1S/C19H18N4O2S/c1-11-12(2)21-17-5-4-13(6-16(11)17)19(24)25-9-15-10-26-18(22-15)14-7-20-23(3)8-14/h4-8,10,21H,9H2,1-3H3. The molecule has 3 aromatic heterocycles. The first-order chi connectivity index (χ1) is 12.5. The summed E-state index contributed by atoms with van der Waals surface area (Å²) < 4.78 is 7.17. The van der Waals surface area contributed by atoms with Gasteiger partial charge in [-0.3, -0.25) is 4.68 Å². The molecule has 0 radical (unpaired) electrons. The van der Waals surface area contributed by atoms with Crippen LogP contribution >= 0.6 is 11.3 Å². The highest BCUT2D eigenvalue weighted by Gasteiger charge is 2.13. The monoisotopic (exact) mass is 366 g/mol. The summed E-state index contributed by atoms with van der Waals surface area (Å²) in [6.45, 7) is 4.21. The lowest BCUT2D eigenvalue weighted by Gasteiger charge is -2.03. The summed E-state index contributed by atoms with van der Waals surface area (Å²) in [7, 11) is 1.87.